The van der Waals surface area contributed by atoms with Crippen molar-refractivity contribution < 1.29 is 58.5 Å². The molecule has 0 spiro atoms. The average Bonchev–Trinajstić information content (AvgIpc) is 2.92. The van der Waals surface area contributed by atoms with Crippen LogP contribution in [0.5, 0.6) is 0 Å². The number of hydrogen-bond acceptors (Lipinski definition) is 12. The van der Waals surface area contributed by atoms with E-state index in [1.165, 1.54) is 21.7 Å². The quantitative estimate of drug-likeness (QED) is 0.0468. The van der Waals surface area contributed by atoms with Gasteiger partial charge in [0, 0.05) is 46.1 Å². The highest BCUT2D eigenvalue weighted by molar-refractivity contribution is 5.91. The number of Topliss-reactive ketones (excluding diaryl/α,β-unsaturated/α-hetero) is 2. The van der Waals surface area contributed by atoms with E-state index in [1.807, 2.05) is 0 Å². The number of rotatable bonds is 26. The molecule has 0 aromatic carbocycles. The average molecular weight is 646 g/mol. The van der Waals surface area contributed by atoms with Crippen molar-refractivity contribution in [3.05, 3.63) is 0 Å². The van der Waals surface area contributed by atoms with Crippen LogP contribution in [0.25, 0.3) is 0 Å². The number of primary amides is 2. The first-order valence-corrected chi connectivity index (χ1v) is 13.9. The maximum atomic E-state index is 12.6. The number of carboxylic acid groups (broad SMARTS) is 3. The smallest absolute Gasteiger partial charge is 0.317 e. The maximum absolute atomic E-state index is 12.6. The molecule has 254 valence electrons. The Morgan fingerprint density at radius 3 is 1.51 bits per heavy atom. The Hall–Kier alpha value is -4.49. The van der Waals surface area contributed by atoms with Crippen LogP contribution in [0.4, 0.5) is 0 Å². The fourth-order valence-corrected chi connectivity index (χ4v) is 4.01. The second-order valence-corrected chi connectivity index (χ2v) is 10.2. The van der Waals surface area contributed by atoms with Crippen LogP contribution in [0.3, 0.4) is 0 Å². The third-order valence-corrected chi connectivity index (χ3v) is 6.39. The molecule has 0 saturated carbocycles. The number of carbonyl (C=O) groups excluding carboxylic acids is 6. The Kier molecular flexibility index (Phi) is 19.1. The molecule has 0 aromatic rings. The predicted molar refractivity (Wildman–Crippen MR) is 154 cm³/mol. The van der Waals surface area contributed by atoms with Crippen molar-refractivity contribution in [2.75, 3.05) is 66.0 Å². The van der Waals surface area contributed by atoms with Crippen molar-refractivity contribution in [1.82, 2.24) is 25.3 Å². The number of aliphatic carboxylic acids is 3. The van der Waals surface area contributed by atoms with E-state index >= 15 is 0 Å². The van der Waals surface area contributed by atoms with Gasteiger partial charge in [0.15, 0.2) is 0 Å². The zero-order valence-electron chi connectivity index (χ0n) is 25.4. The van der Waals surface area contributed by atoms with E-state index in [4.69, 9.17) is 21.7 Å². The van der Waals surface area contributed by atoms with Gasteiger partial charge >= 0.3 is 17.9 Å². The van der Waals surface area contributed by atoms with Crippen LogP contribution >= 0.6 is 0 Å². The lowest BCUT2D eigenvalue weighted by molar-refractivity contribution is -0.141. The summed E-state index contributed by atoms with van der Waals surface area (Å²) in [7, 11) is 1.37. The van der Waals surface area contributed by atoms with Gasteiger partial charge in [-0.3, -0.25) is 57.9 Å². The van der Waals surface area contributed by atoms with E-state index in [9.17, 15) is 48.3 Å². The topological polar surface area (TPSA) is 300 Å². The van der Waals surface area contributed by atoms with Crippen molar-refractivity contribution in [2.45, 2.75) is 38.6 Å². The molecule has 2 unspecified atom stereocenters. The zero-order chi connectivity index (χ0) is 34.7. The van der Waals surface area contributed by atoms with Crippen LogP contribution in [-0.2, 0) is 43.2 Å². The molecule has 2 atom stereocenters. The Balaban J connectivity index is 5.63. The van der Waals surface area contributed by atoms with Crippen LogP contribution in [0.15, 0.2) is 0 Å². The number of hydrogen-bond donors (Lipinski definition) is 7. The van der Waals surface area contributed by atoms with Crippen molar-refractivity contribution in [1.29, 1.82) is 0 Å². The van der Waals surface area contributed by atoms with Gasteiger partial charge in [0.05, 0.1) is 51.5 Å². The molecule has 19 heteroatoms. The van der Waals surface area contributed by atoms with Crippen LogP contribution < -0.4 is 22.1 Å². The number of likely N-dealkylation sites (N-methyl/N-ethyl adjacent to an activating group) is 1. The van der Waals surface area contributed by atoms with Crippen molar-refractivity contribution in [3.8, 4) is 0 Å². The van der Waals surface area contributed by atoms with Crippen molar-refractivity contribution in [2.24, 2.45) is 17.4 Å². The zero-order valence-corrected chi connectivity index (χ0v) is 25.4. The SMILES string of the molecule is CCC(=O)CN(CCN(CCN(CC(=O)CC(CC(=O)O)C(N)=O)CC(=O)NC)CC(=O)O)CC(=O)NC(CC(=O)O)C(N)=O. The summed E-state index contributed by atoms with van der Waals surface area (Å²) >= 11 is 0. The molecule has 0 aliphatic rings. The van der Waals surface area contributed by atoms with E-state index in [0.717, 1.165) is 0 Å². The van der Waals surface area contributed by atoms with Crippen molar-refractivity contribution in [3.63, 3.8) is 0 Å². The van der Waals surface area contributed by atoms with Gasteiger partial charge in [0.2, 0.25) is 23.6 Å². The van der Waals surface area contributed by atoms with Crippen LogP contribution in [0, 0.1) is 5.92 Å². The summed E-state index contributed by atoms with van der Waals surface area (Å²) in [6, 6.07) is -1.49. The monoisotopic (exact) mass is 645 g/mol. The molecular weight excluding hydrogens is 602 g/mol. The fraction of sp³-hybridized carbons (Fsp3) is 0.654. The number of amides is 4. The molecule has 0 bridgehead atoms. The fourth-order valence-electron chi connectivity index (χ4n) is 4.01. The number of carboxylic acids is 3. The summed E-state index contributed by atoms with van der Waals surface area (Å²) in [6.45, 7) is -0.233. The normalized spacial score (nSPS) is 12.4. The van der Waals surface area contributed by atoms with Crippen LogP contribution in [-0.4, -0.2) is 155 Å². The summed E-state index contributed by atoms with van der Waals surface area (Å²) in [5.41, 5.74) is 10.4. The van der Waals surface area contributed by atoms with E-state index < -0.39 is 91.6 Å². The molecule has 0 radical (unpaired) electrons. The van der Waals surface area contributed by atoms with Crippen LogP contribution in [0.2, 0.25) is 0 Å². The van der Waals surface area contributed by atoms with E-state index in [2.05, 4.69) is 10.6 Å². The molecule has 0 aromatic heterocycles. The minimum absolute atomic E-state index is 0.00489. The lowest BCUT2D eigenvalue weighted by Gasteiger charge is -2.29. The summed E-state index contributed by atoms with van der Waals surface area (Å²) in [5.74, 6) is -9.29. The molecule has 0 saturated heterocycles. The van der Waals surface area contributed by atoms with E-state index in [1.54, 1.807) is 6.92 Å². The molecule has 9 N–H and O–H groups in total. The standard InChI is InChI=1S/C26H43N7O12/c1-3-17(34)11-32(14-21(37)30-19(26(28)45)10-23(40)41)6-4-31(15-24(42)43)5-7-33(13-20(36)29-2)12-18(35)8-16(25(27)44)9-22(38)39/h16,19H,3-15H2,1-2H3,(H2,27,44)(H2,28,45)(H,29,36)(H,30,37)(H,38,39)(H,40,41)(H,42,43). The molecule has 0 aliphatic carbocycles. The highest BCUT2D eigenvalue weighted by Gasteiger charge is 2.26. The largest absolute Gasteiger partial charge is 0.481 e. The second kappa shape index (κ2) is 21.3. The number of nitrogens with two attached hydrogens (primary N) is 2. The first-order chi connectivity index (χ1) is 21.0. The van der Waals surface area contributed by atoms with Crippen LogP contribution in [0.1, 0.15) is 32.6 Å². The highest BCUT2D eigenvalue weighted by atomic mass is 16.4. The van der Waals surface area contributed by atoms with E-state index in [-0.39, 0.29) is 58.0 Å². The molecule has 0 aliphatic heterocycles. The maximum Gasteiger partial charge on any atom is 0.317 e. The summed E-state index contributed by atoms with van der Waals surface area (Å²) in [5, 5.41) is 31.9. The summed E-state index contributed by atoms with van der Waals surface area (Å²) in [4.78, 5) is 110. The Bertz CT molecular complexity index is 1020. The minimum Gasteiger partial charge on any atom is -0.481 e. The Labute approximate surface area is 259 Å². The third-order valence-electron chi connectivity index (χ3n) is 6.39. The first-order valence-electron chi connectivity index (χ1n) is 13.9. The van der Waals surface area contributed by atoms with Gasteiger partial charge in [0.1, 0.15) is 17.6 Å². The first kappa shape index (κ1) is 40.5. The second-order valence-electron chi connectivity index (χ2n) is 10.2. The van der Waals surface area contributed by atoms with Gasteiger partial charge in [0.25, 0.3) is 0 Å². The number of nitrogens with one attached hydrogen (secondary N) is 2. The van der Waals surface area contributed by atoms with Gasteiger partial charge in [-0.05, 0) is 0 Å². The number of nitrogens with zero attached hydrogens (tertiary/aromatic N) is 3. The molecule has 0 heterocycles. The highest BCUT2D eigenvalue weighted by Crippen LogP contribution is 2.10. The molecule has 0 fully saturated rings. The van der Waals surface area contributed by atoms with Gasteiger partial charge in [-0.25, -0.2) is 0 Å². The molecule has 4 amide bonds. The molecule has 19 nitrogen and oxygen atoms in total. The summed E-state index contributed by atoms with van der Waals surface area (Å²) in [6.07, 6.45) is -1.75. The van der Waals surface area contributed by atoms with Gasteiger partial charge in [-0.2, -0.15) is 0 Å². The lowest BCUT2D eigenvalue weighted by atomic mass is 9.98. The molecule has 0 rings (SSSR count). The predicted octanol–water partition coefficient (Wildman–Crippen LogP) is -4.32. The third kappa shape index (κ3) is 19.4. The van der Waals surface area contributed by atoms with E-state index in [0.29, 0.717) is 0 Å². The Morgan fingerprint density at radius 2 is 1.09 bits per heavy atom. The van der Waals surface area contributed by atoms with Gasteiger partial charge < -0.3 is 37.4 Å². The Morgan fingerprint density at radius 1 is 0.600 bits per heavy atom. The number of ketones is 2. The van der Waals surface area contributed by atoms with Crippen molar-refractivity contribution >= 4 is 53.1 Å². The number of carbonyl (C=O) groups is 9. The van der Waals surface area contributed by atoms with Gasteiger partial charge in [-0.15, -0.1) is 0 Å². The molecular formula is C26H43N7O12. The van der Waals surface area contributed by atoms with Gasteiger partial charge in [-0.1, -0.05) is 6.92 Å². The summed E-state index contributed by atoms with van der Waals surface area (Å²) < 4.78 is 0. The minimum atomic E-state index is -1.49. The lowest BCUT2D eigenvalue weighted by Crippen LogP contribution is -2.50. The molecule has 45 heavy (non-hydrogen) atoms.